The second-order valence-corrected chi connectivity index (χ2v) is 16.6. The third-order valence-corrected chi connectivity index (χ3v) is 10.8. The van der Waals surface area contributed by atoms with Crippen molar-refractivity contribution in [2.24, 2.45) is 0 Å². The van der Waals surface area contributed by atoms with Crippen molar-refractivity contribution in [2.45, 2.75) is 238 Å². The van der Waals surface area contributed by atoms with Crippen molar-refractivity contribution >= 4 is 16.0 Å². The van der Waals surface area contributed by atoms with Crippen LogP contribution in [0.25, 0.3) is 0 Å². The Labute approximate surface area is 316 Å². The van der Waals surface area contributed by atoms with E-state index in [9.17, 15) is 28.0 Å². The average molecular weight is 742 g/mol. The largest absolute Gasteiger partial charge is 0.391 e. The first-order valence-electron chi connectivity index (χ1n) is 21.6. The molecule has 0 aliphatic carbocycles. The molecule has 0 aromatic carbocycles. The predicted octanol–water partition coefficient (Wildman–Crippen LogP) is 11.7. The van der Waals surface area contributed by atoms with Gasteiger partial charge in [0.25, 0.3) is 10.1 Å². The number of allylic oxidation sites excluding steroid dienone is 4. The fourth-order valence-corrected chi connectivity index (χ4v) is 7.49. The van der Waals surface area contributed by atoms with Gasteiger partial charge in [-0.05, 0) is 38.5 Å². The number of amides is 1. The van der Waals surface area contributed by atoms with E-state index in [4.69, 9.17) is 0 Å². The van der Waals surface area contributed by atoms with Crippen LogP contribution in [0.4, 0.5) is 0 Å². The third-order valence-electron chi connectivity index (χ3n) is 10.0. The Kier molecular flexibility index (Phi) is 36.2. The summed E-state index contributed by atoms with van der Waals surface area (Å²) < 4.78 is 32.6. The maximum absolute atomic E-state index is 12.6. The molecule has 0 heterocycles. The van der Waals surface area contributed by atoms with Gasteiger partial charge in [0.05, 0.1) is 17.9 Å². The topological polar surface area (TPSA) is 124 Å². The lowest BCUT2D eigenvalue weighted by Crippen LogP contribution is -2.50. The van der Waals surface area contributed by atoms with Crippen molar-refractivity contribution in [3.8, 4) is 0 Å². The number of hydrogen-bond acceptors (Lipinski definition) is 5. The highest BCUT2D eigenvalue weighted by Crippen LogP contribution is 2.17. The molecule has 0 saturated heterocycles. The molecule has 0 spiro atoms. The summed E-state index contributed by atoms with van der Waals surface area (Å²) in [6.45, 7) is 4.41. The van der Waals surface area contributed by atoms with Gasteiger partial charge in [-0.2, -0.15) is 8.42 Å². The summed E-state index contributed by atoms with van der Waals surface area (Å²) in [7, 11) is -4.41. The smallest absolute Gasteiger partial charge is 0.266 e. The summed E-state index contributed by atoms with van der Waals surface area (Å²) in [5, 5.41) is 23.6. The van der Waals surface area contributed by atoms with Crippen molar-refractivity contribution in [1.82, 2.24) is 5.32 Å². The molecule has 0 saturated carbocycles. The molecule has 51 heavy (non-hydrogen) atoms. The van der Waals surface area contributed by atoms with Gasteiger partial charge in [-0.3, -0.25) is 9.35 Å². The zero-order chi connectivity index (χ0) is 37.7. The molecule has 4 N–H and O–H groups in total. The molecule has 0 aliphatic rings. The van der Waals surface area contributed by atoms with Crippen LogP contribution in [-0.2, 0) is 14.9 Å². The zero-order valence-electron chi connectivity index (χ0n) is 33.4. The minimum atomic E-state index is -4.41. The van der Waals surface area contributed by atoms with Crippen LogP contribution < -0.4 is 5.32 Å². The summed E-state index contributed by atoms with van der Waals surface area (Å²) in [5.41, 5.74) is 0. The Bertz CT molecular complexity index is 921. The normalized spacial score (nSPS) is 14.1. The average Bonchev–Trinajstić information content (AvgIpc) is 3.09. The molecule has 302 valence electrons. The molecule has 1 amide bonds. The van der Waals surface area contributed by atoms with Gasteiger partial charge in [-0.1, -0.05) is 205 Å². The lowest BCUT2D eigenvalue weighted by molar-refractivity contribution is -0.131. The number of carbonyl (C=O) groups excluding carboxylic acids is 1. The van der Waals surface area contributed by atoms with Crippen LogP contribution >= 0.6 is 0 Å². The maximum atomic E-state index is 12.6. The molecule has 0 fully saturated rings. The summed E-state index contributed by atoms with van der Waals surface area (Å²) in [5.74, 6) is -1.45. The van der Waals surface area contributed by atoms with Gasteiger partial charge in [0.1, 0.15) is 6.10 Å². The van der Waals surface area contributed by atoms with E-state index in [1.165, 1.54) is 128 Å². The number of unbranched alkanes of at least 4 members (excludes halogenated alkanes) is 26. The standard InChI is InChI=1S/C43H83NO6S/c1-3-5-7-9-11-13-15-17-19-20-21-22-23-24-26-28-30-32-34-36-38-42(46)43(47)44-40(39-51(48,49)50)41(45)37-35-33-31-29-27-25-18-16-14-12-10-8-6-4-2/h5,7,11,13,40-42,45-46H,3-4,6,8-10,12,14-39H2,1-2H3,(H,44,47)(H,48,49,50)/b7-5-,13-11-. The molecule has 0 rings (SSSR count). The summed E-state index contributed by atoms with van der Waals surface area (Å²) in [6, 6.07) is -1.14. The minimum Gasteiger partial charge on any atom is -0.391 e. The van der Waals surface area contributed by atoms with Gasteiger partial charge < -0.3 is 15.5 Å². The number of nitrogens with one attached hydrogen (secondary N) is 1. The molecule has 7 nitrogen and oxygen atoms in total. The Hall–Kier alpha value is -1.22. The molecule has 0 aromatic rings. The number of aliphatic hydroxyl groups excluding tert-OH is 2. The van der Waals surface area contributed by atoms with Gasteiger partial charge in [-0.15, -0.1) is 0 Å². The van der Waals surface area contributed by atoms with Crippen LogP contribution in [0, 0.1) is 0 Å². The van der Waals surface area contributed by atoms with Gasteiger partial charge in [0.15, 0.2) is 0 Å². The second kappa shape index (κ2) is 37.1. The van der Waals surface area contributed by atoms with Gasteiger partial charge >= 0.3 is 0 Å². The highest BCUT2D eigenvalue weighted by molar-refractivity contribution is 7.85. The SMILES string of the molecule is CC/C=C\C/C=C\CCCCCCCCCCCCCCCC(O)C(=O)NC(CS(=O)(=O)O)C(O)CCCCCCCCCCCCCCCC. The van der Waals surface area contributed by atoms with Crippen molar-refractivity contribution in [1.29, 1.82) is 0 Å². The zero-order valence-corrected chi connectivity index (χ0v) is 34.2. The van der Waals surface area contributed by atoms with Crippen LogP contribution in [0.3, 0.4) is 0 Å². The summed E-state index contributed by atoms with van der Waals surface area (Å²) >= 11 is 0. The molecular formula is C43H83NO6S. The van der Waals surface area contributed by atoms with Crippen LogP contribution in [0.2, 0.25) is 0 Å². The Balaban J connectivity index is 3.90. The summed E-state index contributed by atoms with van der Waals surface area (Å²) in [4.78, 5) is 12.6. The van der Waals surface area contributed by atoms with Crippen LogP contribution in [0.1, 0.15) is 219 Å². The third kappa shape index (κ3) is 36.9. The van der Waals surface area contributed by atoms with Crippen molar-refractivity contribution in [3.63, 3.8) is 0 Å². The van der Waals surface area contributed by atoms with Crippen molar-refractivity contribution < 1.29 is 28.0 Å². The van der Waals surface area contributed by atoms with E-state index in [2.05, 4.69) is 43.5 Å². The van der Waals surface area contributed by atoms with Crippen LogP contribution in [-0.4, -0.2) is 53.1 Å². The van der Waals surface area contributed by atoms with Crippen LogP contribution in [0.5, 0.6) is 0 Å². The second-order valence-electron chi connectivity index (χ2n) is 15.1. The minimum absolute atomic E-state index is 0.298. The van der Waals surface area contributed by atoms with Gasteiger partial charge in [0, 0.05) is 0 Å². The lowest BCUT2D eigenvalue weighted by Gasteiger charge is -2.24. The van der Waals surface area contributed by atoms with E-state index < -0.39 is 40.0 Å². The molecule has 8 heteroatoms. The van der Waals surface area contributed by atoms with Crippen molar-refractivity contribution in [3.05, 3.63) is 24.3 Å². The molecule has 0 aliphatic heterocycles. The number of aliphatic hydroxyl groups is 2. The number of hydrogen-bond donors (Lipinski definition) is 4. The lowest BCUT2D eigenvalue weighted by atomic mass is 10.0. The Morgan fingerprint density at radius 1 is 0.549 bits per heavy atom. The van der Waals surface area contributed by atoms with E-state index in [1.54, 1.807) is 0 Å². The maximum Gasteiger partial charge on any atom is 0.266 e. The summed E-state index contributed by atoms with van der Waals surface area (Å²) in [6.07, 6.45) is 43.4. The van der Waals surface area contributed by atoms with E-state index in [-0.39, 0.29) is 0 Å². The van der Waals surface area contributed by atoms with E-state index in [1.807, 2.05) is 0 Å². The number of carbonyl (C=O) groups is 1. The molecular weight excluding hydrogens is 659 g/mol. The van der Waals surface area contributed by atoms with E-state index >= 15 is 0 Å². The first kappa shape index (κ1) is 49.8. The van der Waals surface area contributed by atoms with E-state index in [0.717, 1.165) is 57.8 Å². The van der Waals surface area contributed by atoms with Gasteiger partial charge in [-0.25, -0.2) is 0 Å². The highest BCUT2D eigenvalue weighted by atomic mass is 32.2. The highest BCUT2D eigenvalue weighted by Gasteiger charge is 2.28. The Morgan fingerprint density at radius 3 is 1.37 bits per heavy atom. The first-order valence-corrected chi connectivity index (χ1v) is 23.2. The van der Waals surface area contributed by atoms with Gasteiger partial charge in [0.2, 0.25) is 5.91 Å². The van der Waals surface area contributed by atoms with E-state index in [0.29, 0.717) is 19.3 Å². The monoisotopic (exact) mass is 742 g/mol. The van der Waals surface area contributed by atoms with Crippen molar-refractivity contribution in [2.75, 3.05) is 5.75 Å². The molecule has 0 radical (unpaired) electrons. The van der Waals surface area contributed by atoms with Crippen LogP contribution in [0.15, 0.2) is 24.3 Å². The Morgan fingerprint density at radius 2 is 0.941 bits per heavy atom. The number of rotatable bonds is 39. The molecule has 0 aromatic heterocycles. The fraction of sp³-hybridized carbons (Fsp3) is 0.884. The predicted molar refractivity (Wildman–Crippen MR) is 218 cm³/mol. The molecule has 3 unspecified atom stereocenters. The molecule has 0 bridgehead atoms. The quantitative estimate of drug-likeness (QED) is 0.0282. The fourth-order valence-electron chi connectivity index (χ4n) is 6.74. The molecule has 3 atom stereocenters. The first-order chi connectivity index (χ1) is 24.7.